The number of carbonyl (C=O) groups is 2. The summed E-state index contributed by atoms with van der Waals surface area (Å²) in [5, 5.41) is 15.2. The zero-order valence-corrected chi connectivity index (χ0v) is 6.74. The minimum Gasteiger partial charge on any atom is -0.478 e. The Bertz CT molecular complexity index is 135. The third-order valence-electron chi connectivity index (χ3n) is 0.349. The second kappa shape index (κ2) is 11.7. The smallest absolute Gasteiger partial charge is 0.327 e. The Morgan fingerprint density at radius 1 is 1.00 bits per heavy atom. The quantitative estimate of drug-likeness (QED) is 0.503. The van der Waals surface area contributed by atoms with Crippen molar-refractivity contribution in [2.24, 2.45) is 0 Å². The Kier molecular flexibility index (Phi) is 17.5. The van der Waals surface area contributed by atoms with Crippen molar-refractivity contribution in [1.29, 1.82) is 0 Å². The van der Waals surface area contributed by atoms with Gasteiger partial charge in [0.2, 0.25) is 0 Å². The van der Waals surface area contributed by atoms with Gasteiger partial charge in [-0.3, -0.25) is 0 Å². The fraction of sp³-hybridized carbons (Fsp3) is 0. The molecule has 0 aromatic carbocycles. The van der Waals surface area contributed by atoms with Crippen molar-refractivity contribution >= 4 is 11.9 Å². The van der Waals surface area contributed by atoms with Crippen molar-refractivity contribution in [2.75, 3.05) is 0 Å². The van der Waals surface area contributed by atoms with E-state index < -0.39 is 11.9 Å². The molecular weight excluding hydrogens is 192 g/mol. The van der Waals surface area contributed by atoms with E-state index in [1.54, 1.807) is 0 Å². The SMILES string of the molecule is C=CC(=O)O.C=CC(=O)O.[Fe]. The third-order valence-corrected chi connectivity index (χ3v) is 0.349. The van der Waals surface area contributed by atoms with Gasteiger partial charge in [-0.15, -0.1) is 0 Å². The zero-order valence-electron chi connectivity index (χ0n) is 5.63. The van der Waals surface area contributed by atoms with Crippen LogP contribution in [0.3, 0.4) is 0 Å². The molecule has 11 heavy (non-hydrogen) atoms. The average molecular weight is 200 g/mol. The van der Waals surface area contributed by atoms with E-state index in [-0.39, 0.29) is 17.1 Å². The van der Waals surface area contributed by atoms with Gasteiger partial charge in [0.15, 0.2) is 0 Å². The van der Waals surface area contributed by atoms with Crippen LogP contribution in [0.15, 0.2) is 25.3 Å². The maximum atomic E-state index is 9.25. The Morgan fingerprint density at radius 3 is 1.09 bits per heavy atom. The number of hydrogen-bond acceptors (Lipinski definition) is 2. The molecule has 0 aliphatic heterocycles. The summed E-state index contributed by atoms with van der Waals surface area (Å²) in [6.45, 7) is 5.92. The standard InChI is InChI=1S/2C3H4O2.Fe/c2*1-2-3(4)5;/h2*2H,1H2,(H,4,5);. The van der Waals surface area contributed by atoms with E-state index in [9.17, 15) is 9.59 Å². The molecule has 0 bridgehead atoms. The van der Waals surface area contributed by atoms with Gasteiger partial charge < -0.3 is 10.2 Å². The van der Waals surface area contributed by atoms with Crippen LogP contribution < -0.4 is 0 Å². The van der Waals surface area contributed by atoms with Crippen LogP contribution in [0.2, 0.25) is 0 Å². The molecule has 0 radical (unpaired) electrons. The van der Waals surface area contributed by atoms with E-state index in [2.05, 4.69) is 13.2 Å². The first-order valence-electron chi connectivity index (χ1n) is 2.25. The predicted molar refractivity (Wildman–Crippen MR) is 35.7 cm³/mol. The molecule has 5 heteroatoms. The summed E-state index contributed by atoms with van der Waals surface area (Å²) in [6, 6.07) is 0. The molecule has 64 valence electrons. The molecule has 0 unspecified atom stereocenters. The molecule has 0 heterocycles. The van der Waals surface area contributed by atoms with Crippen molar-refractivity contribution in [3.8, 4) is 0 Å². The summed E-state index contributed by atoms with van der Waals surface area (Å²) in [6.07, 6.45) is 1.67. The zero-order chi connectivity index (χ0) is 8.57. The third kappa shape index (κ3) is 49.8. The maximum Gasteiger partial charge on any atom is 0.327 e. The molecule has 0 atom stereocenters. The van der Waals surface area contributed by atoms with Crippen LogP contribution in [-0.2, 0) is 26.7 Å². The summed E-state index contributed by atoms with van der Waals surface area (Å²) in [5.74, 6) is -1.96. The minimum absolute atomic E-state index is 0. The number of carboxylic acid groups (broad SMARTS) is 2. The van der Waals surface area contributed by atoms with Crippen LogP contribution in [0.4, 0.5) is 0 Å². The maximum absolute atomic E-state index is 9.25. The fourth-order valence-corrected chi connectivity index (χ4v) is 0. The van der Waals surface area contributed by atoms with Gasteiger partial charge in [0.05, 0.1) is 0 Å². The van der Waals surface area contributed by atoms with Crippen molar-refractivity contribution in [1.82, 2.24) is 0 Å². The normalized spacial score (nSPS) is 5.82. The van der Waals surface area contributed by atoms with Gasteiger partial charge in [-0.25, -0.2) is 9.59 Å². The Hall–Kier alpha value is -1.06. The van der Waals surface area contributed by atoms with Crippen molar-refractivity contribution in [2.45, 2.75) is 0 Å². The number of hydrogen-bond donors (Lipinski definition) is 2. The van der Waals surface area contributed by atoms with Crippen LogP contribution in [0.25, 0.3) is 0 Å². The first kappa shape index (κ1) is 16.5. The molecule has 0 spiro atoms. The molecule has 0 saturated carbocycles. The Labute approximate surface area is 74.7 Å². The molecular formula is C6H8FeO4. The van der Waals surface area contributed by atoms with Gasteiger partial charge >= 0.3 is 11.9 Å². The molecule has 4 nitrogen and oxygen atoms in total. The first-order chi connectivity index (χ1) is 4.54. The molecule has 2 N–H and O–H groups in total. The molecule has 0 saturated heterocycles. The van der Waals surface area contributed by atoms with E-state index in [0.29, 0.717) is 0 Å². The van der Waals surface area contributed by atoms with E-state index in [1.807, 2.05) is 0 Å². The predicted octanol–water partition coefficient (Wildman–Crippen LogP) is 0.512. The van der Waals surface area contributed by atoms with Crippen LogP contribution in [-0.4, -0.2) is 22.2 Å². The second-order valence-corrected chi connectivity index (χ2v) is 1.08. The van der Waals surface area contributed by atoms with Crippen LogP contribution in [0.1, 0.15) is 0 Å². The molecule has 0 aromatic rings. The van der Waals surface area contributed by atoms with Crippen molar-refractivity contribution in [3.63, 3.8) is 0 Å². The van der Waals surface area contributed by atoms with Crippen molar-refractivity contribution < 1.29 is 36.9 Å². The van der Waals surface area contributed by atoms with Crippen molar-refractivity contribution in [3.05, 3.63) is 25.3 Å². The van der Waals surface area contributed by atoms with E-state index in [1.165, 1.54) is 0 Å². The van der Waals surface area contributed by atoms with Gasteiger partial charge in [0.25, 0.3) is 0 Å². The average Bonchev–Trinajstić information content (AvgIpc) is 1.89. The topological polar surface area (TPSA) is 74.6 Å². The first-order valence-corrected chi connectivity index (χ1v) is 2.25. The Balaban J connectivity index is -0.000000107. The summed E-state index contributed by atoms with van der Waals surface area (Å²) in [7, 11) is 0. The molecule has 0 amide bonds. The molecule has 0 aromatic heterocycles. The number of rotatable bonds is 2. The molecule has 0 aliphatic carbocycles. The monoisotopic (exact) mass is 200 g/mol. The summed E-state index contributed by atoms with van der Waals surface area (Å²) >= 11 is 0. The second-order valence-electron chi connectivity index (χ2n) is 1.08. The van der Waals surface area contributed by atoms with Crippen LogP contribution in [0.5, 0.6) is 0 Å². The Morgan fingerprint density at radius 2 is 1.09 bits per heavy atom. The van der Waals surface area contributed by atoms with Gasteiger partial charge in [0.1, 0.15) is 0 Å². The van der Waals surface area contributed by atoms with Gasteiger partial charge in [0, 0.05) is 29.2 Å². The van der Waals surface area contributed by atoms with E-state index in [4.69, 9.17) is 10.2 Å². The number of aliphatic carboxylic acids is 2. The van der Waals surface area contributed by atoms with E-state index >= 15 is 0 Å². The molecule has 0 aliphatic rings. The van der Waals surface area contributed by atoms with Gasteiger partial charge in [-0.05, 0) is 0 Å². The minimum atomic E-state index is -0.981. The summed E-state index contributed by atoms with van der Waals surface area (Å²) in [5.41, 5.74) is 0. The van der Waals surface area contributed by atoms with Gasteiger partial charge in [-0.2, -0.15) is 0 Å². The number of carboxylic acids is 2. The van der Waals surface area contributed by atoms with Crippen LogP contribution >= 0.6 is 0 Å². The summed E-state index contributed by atoms with van der Waals surface area (Å²) in [4.78, 5) is 18.5. The van der Waals surface area contributed by atoms with E-state index in [0.717, 1.165) is 12.2 Å². The van der Waals surface area contributed by atoms with Crippen LogP contribution in [0, 0.1) is 0 Å². The van der Waals surface area contributed by atoms with Gasteiger partial charge in [-0.1, -0.05) is 13.2 Å². The largest absolute Gasteiger partial charge is 0.478 e. The fourth-order valence-electron chi connectivity index (χ4n) is 0. The molecule has 0 fully saturated rings. The summed E-state index contributed by atoms with van der Waals surface area (Å²) < 4.78 is 0. The molecule has 0 rings (SSSR count).